The second-order valence-electron chi connectivity index (χ2n) is 38.9. The van der Waals surface area contributed by atoms with Gasteiger partial charge in [-0.15, -0.1) is 0 Å². The number of hydrogen-bond acceptors (Lipinski definition) is 4. The van der Waals surface area contributed by atoms with Crippen LogP contribution in [0, 0.1) is 63.2 Å². The maximum Gasteiger partial charge on any atom is 0.384 e. The Labute approximate surface area is 718 Å². The van der Waals surface area contributed by atoms with Crippen LogP contribution in [0.15, 0.2) is 179 Å². The average Bonchev–Trinajstić information content (AvgIpc) is 1.34. The molecule has 8 nitrogen and oxygen atoms in total. The van der Waals surface area contributed by atoms with Crippen molar-refractivity contribution in [1.29, 1.82) is 0 Å². The first-order valence-electron chi connectivity index (χ1n) is 45.1. The van der Waals surface area contributed by atoms with Crippen LogP contribution in [0.4, 0.5) is 43.9 Å². The lowest BCUT2D eigenvalue weighted by Crippen LogP contribution is -2.82. The molecule has 18 heteroatoms. The van der Waals surface area contributed by atoms with Gasteiger partial charge in [-0.25, -0.2) is 28.2 Å². The van der Waals surface area contributed by atoms with Crippen LogP contribution in [-0.4, -0.2) is 39.6 Å². The Morgan fingerprint density at radius 2 is 0.610 bits per heavy atom. The smallest absolute Gasteiger partial charge is 0.384 e. The van der Waals surface area contributed by atoms with Crippen molar-refractivity contribution < 1.29 is 71.0 Å². The van der Waals surface area contributed by atoms with Crippen molar-refractivity contribution >= 4 is 44.1 Å². The summed E-state index contributed by atoms with van der Waals surface area (Å²) in [6.07, 6.45) is 35.3. The molecule has 0 radical (unpaired) electrons. The summed E-state index contributed by atoms with van der Waals surface area (Å²) in [7, 11) is 8.20. The first-order chi connectivity index (χ1) is 58.5. The van der Waals surface area contributed by atoms with Crippen molar-refractivity contribution in [3.05, 3.63) is 226 Å². The summed E-state index contributed by atoms with van der Waals surface area (Å²) in [4.78, 5) is 9.09. The molecule has 0 unspecified atom stereocenters. The van der Waals surface area contributed by atoms with Gasteiger partial charge in [0.2, 0.25) is 34.2 Å². The maximum atomic E-state index is 15.0. The molecule has 0 bridgehead atoms. The zero-order chi connectivity index (χ0) is 87.1. The van der Waals surface area contributed by atoms with Gasteiger partial charge in [0.15, 0.2) is 36.0 Å². The minimum absolute atomic E-state index is 0.409. The molecule has 7 aliphatic rings. The molecular weight excluding hydrogens is 1570 g/mol. The highest BCUT2D eigenvalue weighted by Gasteiger charge is 2.99. The van der Waals surface area contributed by atoms with Gasteiger partial charge in [-0.2, -0.15) is 43.9 Å². The summed E-state index contributed by atoms with van der Waals surface area (Å²) in [6.45, 7) is 17.1. The van der Waals surface area contributed by atoms with Crippen LogP contribution in [0.25, 0.3) is 89.2 Å². The minimum Gasteiger partial charge on any atom is -0.437 e. The van der Waals surface area contributed by atoms with Crippen LogP contribution < -0.4 is 18.3 Å². The molecule has 0 amide bonds. The van der Waals surface area contributed by atoms with E-state index in [1.807, 2.05) is 45.0 Å². The van der Waals surface area contributed by atoms with Crippen molar-refractivity contribution in [2.24, 2.45) is 49.9 Å². The van der Waals surface area contributed by atoms with Crippen LogP contribution in [0.2, 0.25) is 0 Å². The molecule has 19 rings (SSSR count). The number of rotatable bonds is 8. The third kappa shape index (κ3) is 15.9. The lowest BCUT2D eigenvalue weighted by Gasteiger charge is -2.58. The van der Waals surface area contributed by atoms with E-state index in [-0.39, 0.29) is 0 Å². The van der Waals surface area contributed by atoms with Gasteiger partial charge in [-0.05, 0) is 291 Å². The first-order valence-corrected chi connectivity index (χ1v) is 45.1. The van der Waals surface area contributed by atoms with Crippen molar-refractivity contribution in [1.82, 2.24) is 9.97 Å². The van der Waals surface area contributed by atoms with Crippen LogP contribution >= 0.6 is 0 Å². The monoisotopic (exact) mass is 1690 g/mol. The van der Waals surface area contributed by atoms with Crippen molar-refractivity contribution in [3.8, 4) is 45.0 Å². The van der Waals surface area contributed by atoms with Crippen molar-refractivity contribution in [2.75, 3.05) is 0 Å². The molecule has 0 N–H and O–H groups in total. The fraction of sp³-hybridized carbons (Fsp3) is 0.486. The summed E-state index contributed by atoms with van der Waals surface area (Å²) in [5, 5.41) is 3.79. The third-order valence-corrected chi connectivity index (χ3v) is 30.5. The zero-order valence-corrected chi connectivity index (χ0v) is 73.6. The number of nitrogens with zero attached hydrogens (tertiary/aromatic N) is 6. The fourth-order valence-electron chi connectivity index (χ4n) is 22.5. The van der Waals surface area contributed by atoms with Gasteiger partial charge in [-0.3, -0.25) is 0 Å². The van der Waals surface area contributed by atoms with Gasteiger partial charge in [0.25, 0.3) is 0 Å². The number of benzene rings is 4. The maximum absolute atomic E-state index is 15.0. The Balaban J connectivity index is 0.000000125. The Kier molecular flexibility index (Phi) is 23.8. The molecule has 7 fully saturated rings. The van der Waals surface area contributed by atoms with Crippen molar-refractivity contribution in [2.45, 2.75) is 276 Å². The molecule has 4 aromatic carbocycles. The van der Waals surface area contributed by atoms with E-state index in [1.54, 1.807) is 35.5 Å². The van der Waals surface area contributed by atoms with E-state index in [1.165, 1.54) is 203 Å². The Hall–Kier alpha value is -9.32. The topological polar surface area (TPSA) is 67.6 Å². The van der Waals surface area contributed by atoms with Gasteiger partial charge < -0.3 is 8.83 Å². The zero-order valence-electron chi connectivity index (χ0n) is 73.6. The predicted molar refractivity (Wildman–Crippen MR) is 468 cm³/mol. The summed E-state index contributed by atoms with van der Waals surface area (Å²) in [5.41, 5.74) is 20.8. The van der Waals surface area contributed by atoms with E-state index in [0.29, 0.717) is 50.3 Å². The number of furan rings is 2. The number of aromatic nitrogens is 6. The van der Waals surface area contributed by atoms with E-state index < -0.39 is 66.6 Å². The first kappa shape index (κ1) is 87.2. The highest BCUT2D eigenvalue weighted by molar-refractivity contribution is 6.10. The fourth-order valence-corrected chi connectivity index (χ4v) is 22.5. The number of halogens is 10. The predicted octanol–water partition coefficient (Wildman–Crippen LogP) is 27.9. The third-order valence-electron chi connectivity index (χ3n) is 30.5. The molecule has 8 heterocycles. The van der Waals surface area contributed by atoms with Crippen LogP contribution in [0.5, 0.6) is 0 Å². The lowest BCUT2D eigenvalue weighted by molar-refractivity contribution is -0.660. The summed E-state index contributed by atoms with van der Waals surface area (Å²) < 4.78 is 166. The van der Waals surface area contributed by atoms with Crippen molar-refractivity contribution in [3.63, 3.8) is 0 Å². The molecule has 3 spiro atoms. The summed E-state index contributed by atoms with van der Waals surface area (Å²) in [6, 6.07) is 51.1. The Morgan fingerprint density at radius 1 is 0.309 bits per heavy atom. The van der Waals surface area contributed by atoms with Gasteiger partial charge in [-0.1, -0.05) is 113 Å². The molecule has 12 aromatic rings. The summed E-state index contributed by atoms with van der Waals surface area (Å²) >= 11 is 0. The molecule has 123 heavy (non-hydrogen) atoms. The van der Waals surface area contributed by atoms with Crippen LogP contribution in [0.3, 0.4) is 0 Å². The van der Waals surface area contributed by atoms with Crippen LogP contribution in [0.1, 0.15) is 260 Å². The molecule has 648 valence electrons. The molecule has 0 aliphatic heterocycles. The normalized spacial score (nSPS) is 21.3. The lowest BCUT2D eigenvalue weighted by atomic mass is 9.55. The van der Waals surface area contributed by atoms with Gasteiger partial charge in [0.1, 0.15) is 33.6 Å². The molecule has 0 saturated heterocycles. The average molecular weight is 1690 g/mol. The highest BCUT2D eigenvalue weighted by Crippen LogP contribution is 2.75. The van der Waals surface area contributed by atoms with E-state index >= 15 is 0 Å². The standard InChI is InChI=1S/C30H25F10N2O.C30H35N2O.C24H32N.C21H28N/c1-15-4-6-19-20-7-5-16(2)41-24(20)43-23(19)22(15)21-14-18(10-13-42(21)3)17-8-11-25(12-9-17)26(31,32)28(35,36)30(39,40)29(37,38)27(25,33)34;1-20-7-9-24-25-10-8-21(2)31-29(25)33-28(24)27(20)26-19-23(13-18-32(26)3)22-11-16-30(17-12-22)14-5-4-6-15-30;1-19-8-4-5-9-22(19)23-18-21(12-17-25(23)2)20-10-15-24(16-11-20)13-6-3-7-14-24;1-16-7-5-6-8-19(16)20-15-18(11-14-22(20)4)17-9-12-21(2,3)13-10-17/h4-7,10,13-14,17H,8-9,11-12H2,1-3H3;7-10,13,18-19,22H,4-6,11-12,14-17H2,1-3H3;4-5,8-9,12,17-18,20H,3,6-7,10-11,13-16H2,1-2H3;5-8,11,14-15,17H,9-10,12-13H2,1-4H3/q4*+1. The Morgan fingerprint density at radius 3 is 0.959 bits per heavy atom. The van der Waals surface area contributed by atoms with E-state index in [0.717, 1.165) is 61.6 Å². The molecule has 7 saturated carbocycles. The minimum atomic E-state index is -6.96. The van der Waals surface area contributed by atoms with E-state index in [4.69, 9.17) is 8.83 Å². The van der Waals surface area contributed by atoms with Gasteiger partial charge in [0.05, 0.1) is 11.1 Å². The second-order valence-corrected chi connectivity index (χ2v) is 38.9. The van der Waals surface area contributed by atoms with Gasteiger partial charge >= 0.3 is 29.6 Å². The quantitative estimate of drug-likeness (QED) is 0.112. The van der Waals surface area contributed by atoms with Crippen LogP contribution in [-0.2, 0) is 28.2 Å². The largest absolute Gasteiger partial charge is 0.437 e. The number of fused-ring (bicyclic) bond motifs is 6. The highest BCUT2D eigenvalue weighted by atomic mass is 19.4. The summed E-state index contributed by atoms with van der Waals surface area (Å²) in [5.74, 6) is -31.2. The molecule has 7 aliphatic carbocycles. The SMILES string of the molecule is Cc1ccc2c(n1)oc1c(-c3cc(C4CCC5(CC4)C(F)(F)C(F)(F)C(F)(F)C(F)(F)C5(F)F)cc[n+]3C)c(C)ccc12.Cc1ccc2c(n1)oc1c(-c3cc(C4CCC5(CCCCC5)CC4)cc[n+]3C)c(C)ccc12.Cc1ccccc1-c1cc(C2CCC(C)(C)CC2)cc[n+]1C.Cc1ccccc1-c1cc(C2CCC3(CCCCC3)CC2)cc[n+]1C. The molecule has 8 aromatic heterocycles. The number of pyridine rings is 6. The van der Waals surface area contributed by atoms with E-state index in [9.17, 15) is 43.9 Å². The number of alkyl halides is 10. The van der Waals surface area contributed by atoms with E-state index in [2.05, 4.69) is 207 Å². The Bertz CT molecular complexity index is 5860. The second kappa shape index (κ2) is 33.5. The number of hydrogen-bond donors (Lipinski definition) is 0. The molecular formula is C105H120F10N6O2+4. The number of aryl methyl sites for hydroxylation is 10. The molecule has 0 atom stereocenters. The van der Waals surface area contributed by atoms with Gasteiger partial charge in [0, 0.05) is 92.6 Å².